The maximum Gasteiger partial charge on any atom is 0.141 e. The molecule has 0 spiro atoms. The zero-order valence-corrected chi connectivity index (χ0v) is 13.0. The molecule has 2 aromatic carbocycles. The van der Waals surface area contributed by atoms with Crippen molar-refractivity contribution in [2.24, 2.45) is 0 Å². The van der Waals surface area contributed by atoms with Crippen LogP contribution < -0.4 is 4.74 Å². The Hall–Kier alpha value is -0.580. The lowest BCUT2D eigenvalue weighted by molar-refractivity contribution is 0.473. The van der Waals surface area contributed by atoms with Crippen molar-refractivity contribution in [1.82, 2.24) is 0 Å². The van der Waals surface area contributed by atoms with E-state index >= 15 is 0 Å². The lowest BCUT2D eigenvalue weighted by Gasteiger charge is -2.11. The van der Waals surface area contributed by atoms with Crippen molar-refractivity contribution in [3.05, 3.63) is 56.7 Å². The Morgan fingerprint density at radius 1 is 1.06 bits per heavy atom. The molecule has 0 aliphatic heterocycles. The summed E-state index contributed by atoms with van der Waals surface area (Å²) in [5.74, 6) is 1.22. The second-order valence-electron chi connectivity index (χ2n) is 3.56. The summed E-state index contributed by atoms with van der Waals surface area (Å²) in [4.78, 5) is 0. The number of rotatable bonds is 3. The van der Waals surface area contributed by atoms with Gasteiger partial charge in [0.2, 0.25) is 0 Å². The van der Waals surface area contributed by atoms with Crippen molar-refractivity contribution in [2.75, 3.05) is 0 Å². The largest absolute Gasteiger partial charge is 0.456 e. The molecule has 0 heterocycles. The smallest absolute Gasteiger partial charge is 0.141 e. The number of hydrogen-bond donors (Lipinski definition) is 0. The monoisotopic (exact) mass is 392 g/mol. The number of hydrogen-bond acceptors (Lipinski definition) is 1. The number of alkyl halides is 1. The molecule has 18 heavy (non-hydrogen) atoms. The maximum atomic E-state index is 13.0. The second-order valence-corrected chi connectivity index (χ2v) is 5.60. The normalized spacial score (nSPS) is 10.4. The topological polar surface area (TPSA) is 9.23 Å². The van der Waals surface area contributed by atoms with E-state index in [1.807, 2.05) is 18.2 Å². The van der Waals surface area contributed by atoms with Crippen LogP contribution in [0.3, 0.4) is 0 Å². The van der Waals surface area contributed by atoms with E-state index in [1.54, 1.807) is 6.07 Å². The molecule has 0 N–H and O–H groups in total. The highest BCUT2D eigenvalue weighted by atomic mass is 79.9. The summed E-state index contributed by atoms with van der Waals surface area (Å²) in [6.07, 6.45) is 0. The van der Waals surface area contributed by atoms with Crippen molar-refractivity contribution < 1.29 is 9.13 Å². The summed E-state index contributed by atoms with van der Waals surface area (Å²) in [6.45, 7) is 0. The summed E-state index contributed by atoms with van der Waals surface area (Å²) in [5, 5.41) is 0. The van der Waals surface area contributed by atoms with Gasteiger partial charge < -0.3 is 4.74 Å². The van der Waals surface area contributed by atoms with Crippen molar-refractivity contribution in [3.63, 3.8) is 0 Å². The van der Waals surface area contributed by atoms with E-state index < -0.39 is 0 Å². The van der Waals surface area contributed by atoms with Gasteiger partial charge in [0.15, 0.2) is 0 Å². The van der Waals surface area contributed by atoms with Crippen LogP contribution in [-0.4, -0.2) is 0 Å². The molecule has 2 rings (SSSR count). The minimum Gasteiger partial charge on any atom is -0.456 e. The fraction of sp³-hybridized carbons (Fsp3) is 0.0769. The second kappa shape index (κ2) is 6.04. The van der Waals surface area contributed by atoms with Gasteiger partial charge in [0.1, 0.15) is 17.3 Å². The van der Waals surface area contributed by atoms with Gasteiger partial charge in [-0.25, -0.2) is 4.39 Å². The molecule has 94 valence electrons. The van der Waals surface area contributed by atoms with Crippen LogP contribution in [0.15, 0.2) is 45.3 Å². The van der Waals surface area contributed by atoms with E-state index in [-0.39, 0.29) is 5.82 Å². The first-order chi connectivity index (χ1) is 8.60. The lowest BCUT2D eigenvalue weighted by Crippen LogP contribution is -1.91. The van der Waals surface area contributed by atoms with Crippen molar-refractivity contribution in [1.29, 1.82) is 0 Å². The van der Waals surface area contributed by atoms with E-state index in [1.165, 1.54) is 12.1 Å². The van der Waals surface area contributed by atoms with Gasteiger partial charge in [0, 0.05) is 10.0 Å². The molecule has 0 radical (unpaired) electrons. The Morgan fingerprint density at radius 3 is 2.44 bits per heavy atom. The van der Waals surface area contributed by atoms with Crippen LogP contribution in [0.4, 0.5) is 4.39 Å². The Morgan fingerprint density at radius 2 is 1.78 bits per heavy atom. The van der Waals surface area contributed by atoms with Gasteiger partial charge in [-0.05, 0) is 52.3 Å². The van der Waals surface area contributed by atoms with Crippen molar-refractivity contribution in [2.45, 2.75) is 5.88 Å². The average molecular weight is 394 g/mol. The summed E-state index contributed by atoms with van der Waals surface area (Å²) < 4.78 is 20.2. The van der Waals surface area contributed by atoms with Gasteiger partial charge in [-0.3, -0.25) is 0 Å². The lowest BCUT2D eigenvalue weighted by atomic mass is 10.2. The molecular formula is C13H8Br2ClFO. The number of halogens is 4. The first-order valence-electron chi connectivity index (χ1n) is 5.07. The van der Waals surface area contributed by atoms with Crippen molar-refractivity contribution >= 4 is 43.5 Å². The minimum atomic E-state index is -0.317. The average Bonchev–Trinajstić information content (AvgIpc) is 2.34. The Kier molecular flexibility index (Phi) is 4.65. The van der Waals surface area contributed by atoms with E-state index in [4.69, 9.17) is 16.3 Å². The third kappa shape index (κ3) is 3.25. The van der Waals surface area contributed by atoms with Crippen LogP contribution >= 0.6 is 43.5 Å². The molecule has 5 heteroatoms. The summed E-state index contributed by atoms with van der Waals surface area (Å²) >= 11 is 12.5. The Bertz CT molecular complexity index is 575. The third-order valence-corrected chi connectivity index (χ3v) is 3.68. The van der Waals surface area contributed by atoms with Crippen LogP contribution in [0, 0.1) is 5.82 Å². The highest BCUT2D eigenvalue weighted by molar-refractivity contribution is 9.10. The van der Waals surface area contributed by atoms with Crippen LogP contribution in [-0.2, 0) is 5.88 Å². The molecule has 0 amide bonds. The molecule has 0 fully saturated rings. The van der Waals surface area contributed by atoms with Gasteiger partial charge in [-0.15, -0.1) is 11.6 Å². The molecule has 0 atom stereocenters. The standard InChI is InChI=1S/C13H8Br2ClFO/c14-9-1-3-12(8(5-9)7-16)18-13-4-2-10(17)6-11(13)15/h1-6H,7H2. The molecule has 0 aliphatic rings. The summed E-state index contributed by atoms with van der Waals surface area (Å²) in [5.41, 5.74) is 0.863. The summed E-state index contributed by atoms with van der Waals surface area (Å²) in [7, 11) is 0. The predicted octanol–water partition coefficient (Wildman–Crippen LogP) is 5.88. The first kappa shape index (κ1) is 13.8. The van der Waals surface area contributed by atoms with E-state index in [0.717, 1.165) is 10.0 Å². The Balaban J connectivity index is 2.33. The van der Waals surface area contributed by atoms with Gasteiger partial charge >= 0.3 is 0 Å². The molecule has 0 saturated carbocycles. The molecule has 2 aromatic rings. The first-order valence-corrected chi connectivity index (χ1v) is 7.19. The van der Waals surface area contributed by atoms with Gasteiger partial charge in [-0.1, -0.05) is 15.9 Å². The summed E-state index contributed by atoms with van der Waals surface area (Å²) in [6, 6.07) is 9.84. The zero-order valence-electron chi connectivity index (χ0n) is 9.09. The fourth-order valence-corrected chi connectivity index (χ4v) is 2.48. The zero-order chi connectivity index (χ0) is 13.1. The predicted molar refractivity (Wildman–Crippen MR) is 77.9 cm³/mol. The molecule has 0 unspecified atom stereocenters. The molecule has 0 aliphatic carbocycles. The molecule has 0 bridgehead atoms. The highest BCUT2D eigenvalue weighted by Gasteiger charge is 2.08. The quantitative estimate of drug-likeness (QED) is 0.591. The molecule has 0 aromatic heterocycles. The fourth-order valence-electron chi connectivity index (χ4n) is 1.43. The molecular weight excluding hydrogens is 386 g/mol. The third-order valence-electron chi connectivity index (χ3n) is 2.28. The number of ether oxygens (including phenoxy) is 1. The van der Waals surface area contributed by atoms with E-state index in [2.05, 4.69) is 31.9 Å². The minimum absolute atomic E-state index is 0.317. The maximum absolute atomic E-state index is 13.0. The number of benzene rings is 2. The highest BCUT2D eigenvalue weighted by Crippen LogP contribution is 2.33. The van der Waals surface area contributed by atoms with Crippen LogP contribution in [0.1, 0.15) is 5.56 Å². The van der Waals surface area contributed by atoms with Gasteiger partial charge in [0.05, 0.1) is 10.4 Å². The van der Waals surface area contributed by atoms with E-state index in [9.17, 15) is 4.39 Å². The van der Waals surface area contributed by atoms with Crippen LogP contribution in [0.2, 0.25) is 0 Å². The van der Waals surface area contributed by atoms with E-state index in [0.29, 0.717) is 21.9 Å². The van der Waals surface area contributed by atoms with Gasteiger partial charge in [0.25, 0.3) is 0 Å². The SMILES string of the molecule is Fc1ccc(Oc2ccc(Br)cc2CCl)c(Br)c1. The van der Waals surface area contributed by atoms with Crippen molar-refractivity contribution in [3.8, 4) is 11.5 Å². The van der Waals surface area contributed by atoms with Gasteiger partial charge in [-0.2, -0.15) is 0 Å². The van der Waals surface area contributed by atoms with Crippen LogP contribution in [0.25, 0.3) is 0 Å². The molecule has 1 nitrogen and oxygen atoms in total. The van der Waals surface area contributed by atoms with Crippen LogP contribution in [0.5, 0.6) is 11.5 Å². The molecule has 0 saturated heterocycles. The Labute approximate surface area is 126 Å².